The molecule has 0 radical (unpaired) electrons. The van der Waals surface area contributed by atoms with Crippen LogP contribution >= 0.6 is 11.8 Å². The van der Waals surface area contributed by atoms with Crippen molar-refractivity contribution in [3.05, 3.63) is 18.2 Å². The molecule has 0 aliphatic carbocycles. The number of aryl methyl sites for hydroxylation is 1. The van der Waals surface area contributed by atoms with Crippen molar-refractivity contribution in [3.8, 4) is 0 Å². The maximum absolute atomic E-state index is 12.6. The van der Waals surface area contributed by atoms with Gasteiger partial charge in [-0.05, 0) is 37.2 Å². The van der Waals surface area contributed by atoms with E-state index in [9.17, 15) is 4.79 Å². The summed E-state index contributed by atoms with van der Waals surface area (Å²) >= 11 is 1.99. The summed E-state index contributed by atoms with van der Waals surface area (Å²) in [6.07, 6.45) is 7.29. The zero-order chi connectivity index (χ0) is 13.3. The summed E-state index contributed by atoms with van der Waals surface area (Å²) in [6.45, 7) is 0.721. The summed E-state index contributed by atoms with van der Waals surface area (Å²) in [5.74, 6) is 2.66. The Morgan fingerprint density at radius 3 is 3.00 bits per heavy atom. The highest BCUT2D eigenvalue weighted by molar-refractivity contribution is 7.99. The van der Waals surface area contributed by atoms with E-state index in [0.717, 1.165) is 49.5 Å². The Labute approximate surface area is 117 Å². The second-order valence-electron chi connectivity index (χ2n) is 5.59. The molecular weight excluding hydrogens is 260 g/mol. The predicted molar refractivity (Wildman–Crippen MR) is 75.5 cm³/mol. The number of carbonyl (C=O) groups excluding carboxylic acids is 1. The van der Waals surface area contributed by atoms with Crippen molar-refractivity contribution in [2.24, 2.45) is 13.0 Å². The van der Waals surface area contributed by atoms with E-state index in [4.69, 9.17) is 4.74 Å². The van der Waals surface area contributed by atoms with E-state index in [2.05, 4.69) is 4.98 Å². The van der Waals surface area contributed by atoms with Gasteiger partial charge in [0, 0.05) is 19.6 Å². The quantitative estimate of drug-likeness (QED) is 0.780. The number of carbonyl (C=O) groups is 1. The molecule has 1 aromatic heterocycles. The Morgan fingerprint density at radius 1 is 1.53 bits per heavy atom. The van der Waals surface area contributed by atoms with Crippen LogP contribution in [0.2, 0.25) is 0 Å². The van der Waals surface area contributed by atoms with Crippen LogP contribution in [-0.2, 0) is 11.8 Å². The summed E-state index contributed by atoms with van der Waals surface area (Å²) in [5, 5.41) is 0. The van der Waals surface area contributed by atoms with Gasteiger partial charge in [-0.3, -0.25) is 4.79 Å². The summed E-state index contributed by atoms with van der Waals surface area (Å²) in [7, 11) is 1.88. The Hall–Kier alpha value is -0.810. The van der Waals surface area contributed by atoms with Crippen molar-refractivity contribution in [1.82, 2.24) is 9.55 Å². The normalized spacial score (nSPS) is 26.5. The molecule has 104 valence electrons. The monoisotopic (exact) mass is 280 g/mol. The number of imidazole rings is 1. The van der Waals surface area contributed by atoms with Crippen molar-refractivity contribution in [3.63, 3.8) is 0 Å². The first-order chi connectivity index (χ1) is 9.20. The van der Waals surface area contributed by atoms with Crippen LogP contribution in [0.3, 0.4) is 0 Å². The minimum atomic E-state index is -0.0254. The lowest BCUT2D eigenvalue weighted by atomic mass is 9.79. The largest absolute Gasteiger partial charge is 0.375 e. The summed E-state index contributed by atoms with van der Waals surface area (Å²) in [4.78, 5) is 16.6. The van der Waals surface area contributed by atoms with Gasteiger partial charge in [0.2, 0.25) is 0 Å². The fourth-order valence-corrected chi connectivity index (χ4v) is 4.38. The van der Waals surface area contributed by atoms with E-state index in [-0.39, 0.29) is 17.3 Å². The van der Waals surface area contributed by atoms with Gasteiger partial charge in [0.25, 0.3) is 0 Å². The fraction of sp³-hybridized carbons (Fsp3) is 0.714. The smallest absolute Gasteiger partial charge is 0.184 e. The van der Waals surface area contributed by atoms with E-state index in [1.807, 2.05) is 23.4 Å². The molecule has 5 heteroatoms. The van der Waals surface area contributed by atoms with E-state index in [1.54, 1.807) is 12.5 Å². The molecule has 2 aliphatic heterocycles. The standard InChI is InChI=1S/C14H20N2O2S/c1-16-10-15-9-12(16)13(17)11-2-5-18-14(8-11)3-6-19-7-4-14/h9-11H,2-8H2,1H3. The van der Waals surface area contributed by atoms with Crippen molar-refractivity contribution in [2.75, 3.05) is 18.1 Å². The molecule has 3 heterocycles. The molecule has 1 atom stereocenters. The second-order valence-corrected chi connectivity index (χ2v) is 6.81. The minimum Gasteiger partial charge on any atom is -0.375 e. The molecule has 1 spiro atoms. The van der Waals surface area contributed by atoms with E-state index in [1.165, 1.54) is 0 Å². The van der Waals surface area contributed by atoms with E-state index >= 15 is 0 Å². The van der Waals surface area contributed by atoms with Crippen LogP contribution in [0.15, 0.2) is 12.5 Å². The number of aromatic nitrogens is 2. The highest BCUT2D eigenvalue weighted by Gasteiger charge is 2.41. The van der Waals surface area contributed by atoms with E-state index < -0.39 is 0 Å². The number of thioether (sulfide) groups is 1. The van der Waals surface area contributed by atoms with Crippen LogP contribution in [-0.4, -0.2) is 39.0 Å². The van der Waals surface area contributed by atoms with Crippen molar-refractivity contribution < 1.29 is 9.53 Å². The van der Waals surface area contributed by atoms with Gasteiger partial charge in [-0.1, -0.05) is 0 Å². The first-order valence-corrected chi connectivity index (χ1v) is 8.08. The van der Waals surface area contributed by atoms with Crippen molar-refractivity contribution in [2.45, 2.75) is 31.3 Å². The number of Topliss-reactive ketones (excluding diaryl/α,β-unsaturated/α-hetero) is 1. The molecule has 0 bridgehead atoms. The molecule has 2 aliphatic rings. The summed E-state index contributed by atoms with van der Waals surface area (Å²) < 4.78 is 7.87. The predicted octanol–water partition coefficient (Wildman–Crippen LogP) is 2.30. The second kappa shape index (κ2) is 5.29. The SMILES string of the molecule is Cn1cncc1C(=O)C1CCOC2(CCSCC2)C1. The lowest BCUT2D eigenvalue weighted by Crippen LogP contribution is -2.44. The van der Waals surface area contributed by atoms with Crippen molar-refractivity contribution in [1.29, 1.82) is 0 Å². The topological polar surface area (TPSA) is 44.1 Å². The van der Waals surface area contributed by atoms with Gasteiger partial charge >= 0.3 is 0 Å². The lowest BCUT2D eigenvalue weighted by Gasteiger charge is -2.42. The highest BCUT2D eigenvalue weighted by Crippen LogP contribution is 2.40. The first kappa shape index (κ1) is 13.2. The third-order valence-electron chi connectivity index (χ3n) is 4.34. The number of hydrogen-bond acceptors (Lipinski definition) is 4. The number of ketones is 1. The number of nitrogens with zero attached hydrogens (tertiary/aromatic N) is 2. The van der Waals surface area contributed by atoms with Gasteiger partial charge in [-0.2, -0.15) is 11.8 Å². The summed E-state index contributed by atoms with van der Waals surface area (Å²) in [6, 6.07) is 0. The van der Waals surface area contributed by atoms with Crippen LogP contribution in [0.4, 0.5) is 0 Å². The average molecular weight is 280 g/mol. The molecule has 19 heavy (non-hydrogen) atoms. The summed E-state index contributed by atoms with van der Waals surface area (Å²) in [5.41, 5.74) is 0.704. The van der Waals surface area contributed by atoms with Crippen LogP contribution in [0.1, 0.15) is 36.2 Å². The first-order valence-electron chi connectivity index (χ1n) is 6.92. The molecule has 1 aromatic rings. The van der Waals surface area contributed by atoms with Crippen LogP contribution in [0.5, 0.6) is 0 Å². The van der Waals surface area contributed by atoms with Crippen LogP contribution < -0.4 is 0 Å². The van der Waals surface area contributed by atoms with Gasteiger partial charge in [0.05, 0.1) is 18.1 Å². The molecular formula is C14H20N2O2S. The number of rotatable bonds is 2. The molecule has 2 saturated heterocycles. The van der Waals surface area contributed by atoms with Gasteiger partial charge in [-0.25, -0.2) is 4.98 Å². The Morgan fingerprint density at radius 2 is 2.32 bits per heavy atom. The van der Waals surface area contributed by atoms with Gasteiger partial charge in [-0.15, -0.1) is 0 Å². The fourth-order valence-electron chi connectivity index (χ4n) is 3.15. The van der Waals surface area contributed by atoms with Crippen LogP contribution in [0.25, 0.3) is 0 Å². The van der Waals surface area contributed by atoms with Gasteiger partial charge in [0.15, 0.2) is 5.78 Å². The molecule has 0 amide bonds. The van der Waals surface area contributed by atoms with Crippen LogP contribution in [0, 0.1) is 5.92 Å². The molecule has 0 aromatic carbocycles. The maximum atomic E-state index is 12.6. The zero-order valence-corrected chi connectivity index (χ0v) is 12.1. The highest BCUT2D eigenvalue weighted by atomic mass is 32.2. The minimum absolute atomic E-state index is 0.0254. The molecule has 0 saturated carbocycles. The number of hydrogen-bond donors (Lipinski definition) is 0. The van der Waals surface area contributed by atoms with Gasteiger partial charge in [0.1, 0.15) is 5.69 Å². The lowest BCUT2D eigenvalue weighted by molar-refractivity contribution is -0.0960. The molecule has 3 rings (SSSR count). The third kappa shape index (κ3) is 2.58. The number of ether oxygens (including phenoxy) is 1. The van der Waals surface area contributed by atoms with Gasteiger partial charge < -0.3 is 9.30 Å². The Kier molecular flexibility index (Phi) is 3.67. The third-order valence-corrected chi connectivity index (χ3v) is 5.32. The van der Waals surface area contributed by atoms with E-state index in [0.29, 0.717) is 0 Å². The zero-order valence-electron chi connectivity index (χ0n) is 11.3. The molecule has 2 fully saturated rings. The average Bonchev–Trinajstić information content (AvgIpc) is 2.85. The molecule has 1 unspecified atom stereocenters. The van der Waals surface area contributed by atoms with Crippen molar-refractivity contribution >= 4 is 17.5 Å². The Balaban J connectivity index is 1.74. The Bertz CT molecular complexity index is 460. The molecule has 4 nitrogen and oxygen atoms in total. The molecule has 0 N–H and O–H groups in total. The maximum Gasteiger partial charge on any atom is 0.184 e.